The molecule has 0 aliphatic heterocycles. The second kappa shape index (κ2) is 7.96. The zero-order valence-electron chi connectivity index (χ0n) is 14.7. The molecule has 0 amide bonds. The van der Waals surface area contributed by atoms with Crippen LogP contribution in [-0.4, -0.2) is 31.5 Å². The van der Waals surface area contributed by atoms with Crippen molar-refractivity contribution in [3.8, 4) is 0 Å². The van der Waals surface area contributed by atoms with Crippen molar-refractivity contribution in [2.24, 2.45) is 17.8 Å². The fraction of sp³-hybridized carbons (Fsp3) is 1.00. The molecule has 1 N–H and O–H groups in total. The van der Waals surface area contributed by atoms with Gasteiger partial charge in [0.1, 0.15) is 0 Å². The monoisotopic (exact) mass is 317 g/mol. The van der Waals surface area contributed by atoms with E-state index >= 15 is 0 Å². The molecule has 4 heteroatoms. The Hall–Kier alpha value is -0.0900. The normalized spacial score (nSPS) is 29.0. The Morgan fingerprint density at radius 1 is 1.10 bits per heavy atom. The second-order valence-electron chi connectivity index (χ2n) is 7.45. The average Bonchev–Trinajstić information content (AvgIpc) is 2.43. The molecular weight excluding hydrogens is 282 g/mol. The summed E-state index contributed by atoms with van der Waals surface area (Å²) < 4.78 is 26.1. The van der Waals surface area contributed by atoms with Crippen molar-refractivity contribution in [3.05, 3.63) is 0 Å². The smallest absolute Gasteiger partial charge is 0.157 e. The third-order valence-electron chi connectivity index (χ3n) is 5.31. The van der Waals surface area contributed by atoms with Crippen LogP contribution in [-0.2, 0) is 9.84 Å². The quantitative estimate of drug-likeness (QED) is 0.780. The van der Waals surface area contributed by atoms with Crippen molar-refractivity contribution in [2.75, 3.05) is 6.54 Å². The van der Waals surface area contributed by atoms with Gasteiger partial charge in [-0.2, -0.15) is 0 Å². The minimum Gasteiger partial charge on any atom is -0.313 e. The van der Waals surface area contributed by atoms with Crippen molar-refractivity contribution in [1.29, 1.82) is 0 Å². The van der Waals surface area contributed by atoms with E-state index in [0.29, 0.717) is 11.8 Å². The molecule has 126 valence electrons. The Morgan fingerprint density at radius 2 is 1.71 bits per heavy atom. The maximum atomic E-state index is 13.0. The summed E-state index contributed by atoms with van der Waals surface area (Å²) in [6.45, 7) is 13.4. The van der Waals surface area contributed by atoms with Crippen LogP contribution < -0.4 is 5.32 Å². The van der Waals surface area contributed by atoms with Gasteiger partial charge in [0, 0.05) is 6.04 Å². The number of sulfone groups is 1. The van der Waals surface area contributed by atoms with E-state index in [1.54, 1.807) is 0 Å². The molecule has 0 radical (unpaired) electrons. The Bertz CT molecular complexity index is 403. The first-order chi connectivity index (χ1) is 9.71. The van der Waals surface area contributed by atoms with E-state index in [1.165, 1.54) is 0 Å². The van der Waals surface area contributed by atoms with E-state index in [4.69, 9.17) is 0 Å². The van der Waals surface area contributed by atoms with E-state index in [9.17, 15) is 8.42 Å². The minimum absolute atomic E-state index is 0.145. The number of rotatable bonds is 7. The maximum Gasteiger partial charge on any atom is 0.157 e. The number of hydrogen-bond donors (Lipinski definition) is 1. The first-order valence-corrected chi connectivity index (χ1v) is 10.3. The molecule has 1 aliphatic rings. The summed E-state index contributed by atoms with van der Waals surface area (Å²) in [5, 5.41) is 3.05. The predicted octanol–water partition coefficient (Wildman–Crippen LogP) is 3.64. The molecule has 1 saturated carbocycles. The second-order valence-corrected chi connectivity index (χ2v) is 9.98. The largest absolute Gasteiger partial charge is 0.313 e. The molecule has 4 unspecified atom stereocenters. The van der Waals surface area contributed by atoms with Gasteiger partial charge in [0.05, 0.1) is 10.5 Å². The van der Waals surface area contributed by atoms with Gasteiger partial charge in [-0.3, -0.25) is 0 Å². The zero-order chi connectivity index (χ0) is 16.2. The van der Waals surface area contributed by atoms with Crippen LogP contribution >= 0.6 is 0 Å². The lowest BCUT2D eigenvalue weighted by atomic mass is 9.79. The summed E-state index contributed by atoms with van der Waals surface area (Å²) in [6.07, 6.45) is 4.04. The topological polar surface area (TPSA) is 46.2 Å². The highest BCUT2D eigenvalue weighted by molar-refractivity contribution is 7.92. The predicted molar refractivity (Wildman–Crippen MR) is 91.3 cm³/mol. The molecule has 0 aromatic carbocycles. The van der Waals surface area contributed by atoms with Crippen molar-refractivity contribution >= 4 is 9.84 Å². The van der Waals surface area contributed by atoms with E-state index < -0.39 is 9.84 Å². The summed E-state index contributed by atoms with van der Waals surface area (Å²) >= 11 is 0. The number of nitrogens with one attached hydrogen (secondary N) is 1. The molecule has 4 atom stereocenters. The van der Waals surface area contributed by atoms with Gasteiger partial charge in [0.2, 0.25) is 0 Å². The van der Waals surface area contributed by atoms with Crippen LogP contribution in [0.1, 0.15) is 67.2 Å². The lowest BCUT2D eigenvalue weighted by Crippen LogP contribution is -2.51. The fourth-order valence-corrected chi connectivity index (χ4v) is 5.86. The molecule has 0 aromatic heterocycles. The zero-order valence-corrected chi connectivity index (χ0v) is 15.5. The lowest BCUT2D eigenvalue weighted by molar-refractivity contribution is 0.240. The standard InChI is InChI=1S/C17H35NO2S/c1-7-10-18-16-9-8-15(13(4)5)11-17(16)21(19,20)14(6)12(2)3/h12-18H,7-11H2,1-6H3. The first kappa shape index (κ1) is 19.0. The molecule has 0 bridgehead atoms. The van der Waals surface area contributed by atoms with Gasteiger partial charge in [-0.15, -0.1) is 0 Å². The number of hydrogen-bond acceptors (Lipinski definition) is 3. The van der Waals surface area contributed by atoms with Gasteiger partial charge >= 0.3 is 0 Å². The lowest BCUT2D eigenvalue weighted by Gasteiger charge is -2.39. The molecule has 3 nitrogen and oxygen atoms in total. The highest BCUT2D eigenvalue weighted by Crippen LogP contribution is 2.35. The van der Waals surface area contributed by atoms with Crippen LogP contribution in [0.2, 0.25) is 0 Å². The first-order valence-electron chi connectivity index (χ1n) is 8.67. The van der Waals surface area contributed by atoms with Crippen LogP contribution in [0.5, 0.6) is 0 Å². The van der Waals surface area contributed by atoms with Crippen molar-refractivity contribution in [3.63, 3.8) is 0 Å². The van der Waals surface area contributed by atoms with Crippen LogP contribution in [0.3, 0.4) is 0 Å². The third kappa shape index (κ3) is 4.69. The molecule has 0 aromatic rings. The molecule has 0 saturated heterocycles. The highest BCUT2D eigenvalue weighted by Gasteiger charge is 2.42. The van der Waals surface area contributed by atoms with Crippen molar-refractivity contribution in [1.82, 2.24) is 5.32 Å². The summed E-state index contributed by atoms with van der Waals surface area (Å²) in [6, 6.07) is 0.145. The summed E-state index contributed by atoms with van der Waals surface area (Å²) in [5.74, 6) is 1.30. The Morgan fingerprint density at radius 3 is 2.19 bits per heavy atom. The molecular formula is C17H35NO2S. The van der Waals surface area contributed by atoms with Crippen molar-refractivity contribution < 1.29 is 8.42 Å². The molecule has 1 fully saturated rings. The maximum absolute atomic E-state index is 13.0. The summed E-state index contributed by atoms with van der Waals surface area (Å²) in [7, 11) is -3.07. The molecule has 21 heavy (non-hydrogen) atoms. The van der Waals surface area contributed by atoms with Gasteiger partial charge < -0.3 is 5.32 Å². The van der Waals surface area contributed by atoms with E-state index in [1.807, 2.05) is 20.8 Å². The molecule has 0 spiro atoms. The highest BCUT2D eigenvalue weighted by atomic mass is 32.2. The van der Waals surface area contributed by atoms with Crippen LogP contribution in [0.4, 0.5) is 0 Å². The van der Waals surface area contributed by atoms with Crippen LogP contribution in [0.15, 0.2) is 0 Å². The SMILES string of the molecule is CCCNC1CCC(C(C)C)CC1S(=O)(=O)C(C)C(C)C. The molecule has 1 rings (SSSR count). The van der Waals surface area contributed by atoms with E-state index in [-0.39, 0.29) is 22.5 Å². The summed E-state index contributed by atoms with van der Waals surface area (Å²) in [5.41, 5.74) is 0. The van der Waals surface area contributed by atoms with E-state index in [0.717, 1.165) is 32.2 Å². The minimum atomic E-state index is -3.07. The third-order valence-corrected chi connectivity index (χ3v) is 8.26. The molecule has 0 heterocycles. The van der Waals surface area contributed by atoms with Crippen LogP contribution in [0, 0.1) is 17.8 Å². The Kier molecular flexibility index (Phi) is 7.18. The Labute approximate surface area is 132 Å². The van der Waals surface area contributed by atoms with Gasteiger partial charge in [-0.1, -0.05) is 34.6 Å². The Balaban J connectivity index is 2.97. The van der Waals surface area contributed by atoms with Crippen LogP contribution in [0.25, 0.3) is 0 Å². The van der Waals surface area contributed by atoms with Gasteiger partial charge in [-0.25, -0.2) is 8.42 Å². The van der Waals surface area contributed by atoms with E-state index in [2.05, 4.69) is 26.1 Å². The van der Waals surface area contributed by atoms with Gasteiger partial charge in [0.25, 0.3) is 0 Å². The molecule has 1 aliphatic carbocycles. The van der Waals surface area contributed by atoms with Gasteiger partial charge in [0.15, 0.2) is 9.84 Å². The van der Waals surface area contributed by atoms with Crippen molar-refractivity contribution in [2.45, 2.75) is 83.8 Å². The summed E-state index contributed by atoms with van der Waals surface area (Å²) in [4.78, 5) is 0. The van der Waals surface area contributed by atoms with Gasteiger partial charge in [-0.05, 0) is 56.9 Å². The average molecular weight is 318 g/mol. The fourth-order valence-electron chi connectivity index (χ4n) is 3.35.